The summed E-state index contributed by atoms with van der Waals surface area (Å²) >= 11 is 0. The van der Waals surface area contributed by atoms with Crippen LogP contribution in [-0.4, -0.2) is 16.5 Å². The molecule has 106 valence electrons. The number of hydrogen-bond acceptors (Lipinski definition) is 3. The van der Waals surface area contributed by atoms with Crippen molar-refractivity contribution in [2.24, 2.45) is 5.92 Å². The fraction of sp³-hybridized carbons (Fsp3) is 0.412. The Morgan fingerprint density at radius 2 is 2.05 bits per heavy atom. The highest BCUT2D eigenvalue weighted by molar-refractivity contribution is 5.64. The molecule has 2 rings (SSSR count). The fourth-order valence-electron chi connectivity index (χ4n) is 2.29. The molecule has 0 radical (unpaired) electrons. The molecular weight excluding hydrogens is 246 g/mol. The summed E-state index contributed by atoms with van der Waals surface area (Å²) < 4.78 is 0. The number of rotatable bonds is 5. The number of nitrogens with one attached hydrogen (secondary N) is 1. The molecule has 3 heteroatoms. The molecule has 0 aliphatic rings. The summed E-state index contributed by atoms with van der Waals surface area (Å²) in [6.45, 7) is 9.42. The second-order valence-electron chi connectivity index (χ2n) is 5.55. The van der Waals surface area contributed by atoms with E-state index < -0.39 is 0 Å². The van der Waals surface area contributed by atoms with Crippen molar-refractivity contribution in [1.82, 2.24) is 9.97 Å². The Hall–Kier alpha value is -1.90. The average Bonchev–Trinajstić information content (AvgIpc) is 2.41. The van der Waals surface area contributed by atoms with Crippen LogP contribution in [0.4, 0.5) is 5.95 Å². The van der Waals surface area contributed by atoms with Gasteiger partial charge in [-0.05, 0) is 43.4 Å². The van der Waals surface area contributed by atoms with Gasteiger partial charge in [-0.2, -0.15) is 0 Å². The fourth-order valence-corrected chi connectivity index (χ4v) is 2.29. The van der Waals surface area contributed by atoms with Gasteiger partial charge in [-0.25, -0.2) is 9.97 Å². The summed E-state index contributed by atoms with van der Waals surface area (Å²) in [5.41, 5.74) is 4.65. The summed E-state index contributed by atoms with van der Waals surface area (Å²) in [6.07, 6.45) is 2.98. The topological polar surface area (TPSA) is 37.8 Å². The molecule has 1 aromatic carbocycles. The first-order chi connectivity index (χ1) is 9.60. The van der Waals surface area contributed by atoms with Gasteiger partial charge in [0.05, 0.1) is 5.69 Å². The maximum atomic E-state index is 4.63. The third kappa shape index (κ3) is 3.56. The molecule has 1 N–H and O–H groups in total. The van der Waals surface area contributed by atoms with Gasteiger partial charge in [0.15, 0.2) is 0 Å². The van der Waals surface area contributed by atoms with Gasteiger partial charge in [-0.1, -0.05) is 32.0 Å². The Bertz CT molecular complexity index is 576. The van der Waals surface area contributed by atoms with Crippen LogP contribution < -0.4 is 5.32 Å². The second kappa shape index (κ2) is 6.51. The zero-order valence-electron chi connectivity index (χ0n) is 12.8. The molecule has 20 heavy (non-hydrogen) atoms. The summed E-state index contributed by atoms with van der Waals surface area (Å²) in [7, 11) is 0. The molecule has 1 aromatic heterocycles. The molecule has 2 aromatic rings. The molecule has 0 unspecified atom stereocenters. The van der Waals surface area contributed by atoms with Gasteiger partial charge >= 0.3 is 0 Å². The average molecular weight is 269 g/mol. The maximum Gasteiger partial charge on any atom is 0.223 e. The lowest BCUT2D eigenvalue weighted by Gasteiger charge is -2.10. The largest absolute Gasteiger partial charge is 0.354 e. The Balaban J connectivity index is 2.37. The van der Waals surface area contributed by atoms with Gasteiger partial charge in [0.1, 0.15) is 0 Å². The Labute approximate surface area is 121 Å². The monoisotopic (exact) mass is 269 g/mol. The van der Waals surface area contributed by atoms with E-state index in [-0.39, 0.29) is 0 Å². The van der Waals surface area contributed by atoms with Gasteiger partial charge in [-0.3, -0.25) is 0 Å². The quantitative estimate of drug-likeness (QED) is 0.888. The van der Waals surface area contributed by atoms with E-state index in [4.69, 9.17) is 0 Å². The molecule has 0 spiro atoms. The van der Waals surface area contributed by atoms with Crippen molar-refractivity contribution in [2.75, 3.05) is 11.9 Å². The third-order valence-electron chi connectivity index (χ3n) is 3.15. The zero-order valence-corrected chi connectivity index (χ0v) is 12.8. The lowest BCUT2D eigenvalue weighted by molar-refractivity contribution is 0.647. The van der Waals surface area contributed by atoms with Crippen LogP contribution >= 0.6 is 0 Å². The number of nitrogens with zero attached hydrogens (tertiary/aromatic N) is 2. The minimum Gasteiger partial charge on any atom is -0.354 e. The second-order valence-corrected chi connectivity index (χ2v) is 5.55. The van der Waals surface area contributed by atoms with Crippen LogP contribution in [0.15, 0.2) is 30.5 Å². The van der Waals surface area contributed by atoms with Crippen LogP contribution in [0.3, 0.4) is 0 Å². The predicted molar refractivity (Wildman–Crippen MR) is 84.9 cm³/mol. The van der Waals surface area contributed by atoms with E-state index in [1.54, 1.807) is 0 Å². The molecular formula is C17H23N3. The standard InChI is InChI=1S/C17H23N3/c1-5-18-17-19-11-13(4)16(20-17)15-8-6-7-14(10-15)9-12(2)3/h6-8,10-12H,5,9H2,1-4H3,(H,18,19,20). The first-order valence-electron chi connectivity index (χ1n) is 7.27. The molecule has 0 aliphatic carbocycles. The van der Waals surface area contributed by atoms with Crippen LogP contribution in [0.25, 0.3) is 11.3 Å². The summed E-state index contributed by atoms with van der Waals surface area (Å²) in [5, 5.41) is 3.17. The lowest BCUT2D eigenvalue weighted by atomic mass is 9.99. The first-order valence-corrected chi connectivity index (χ1v) is 7.27. The predicted octanol–water partition coefficient (Wildman–Crippen LogP) is 4.08. The summed E-state index contributed by atoms with van der Waals surface area (Å²) in [5.74, 6) is 1.36. The van der Waals surface area contributed by atoms with Crippen molar-refractivity contribution in [3.63, 3.8) is 0 Å². The van der Waals surface area contributed by atoms with E-state index in [1.165, 1.54) is 11.1 Å². The molecule has 0 saturated carbocycles. The van der Waals surface area contributed by atoms with Crippen molar-refractivity contribution in [3.8, 4) is 11.3 Å². The maximum absolute atomic E-state index is 4.63. The van der Waals surface area contributed by atoms with Gasteiger partial charge < -0.3 is 5.32 Å². The van der Waals surface area contributed by atoms with E-state index in [1.807, 2.05) is 13.1 Å². The van der Waals surface area contributed by atoms with Crippen LogP contribution in [0.1, 0.15) is 31.9 Å². The first kappa shape index (κ1) is 14.5. The highest BCUT2D eigenvalue weighted by Gasteiger charge is 2.07. The normalized spacial score (nSPS) is 10.8. The number of benzene rings is 1. The Morgan fingerprint density at radius 3 is 2.75 bits per heavy atom. The van der Waals surface area contributed by atoms with Crippen molar-refractivity contribution in [1.29, 1.82) is 0 Å². The molecule has 0 saturated heterocycles. The number of aromatic nitrogens is 2. The Morgan fingerprint density at radius 1 is 1.25 bits per heavy atom. The number of aryl methyl sites for hydroxylation is 1. The minimum absolute atomic E-state index is 0.661. The van der Waals surface area contributed by atoms with Crippen LogP contribution in [0, 0.1) is 12.8 Å². The molecule has 3 nitrogen and oxygen atoms in total. The van der Waals surface area contributed by atoms with Crippen molar-refractivity contribution in [3.05, 3.63) is 41.6 Å². The van der Waals surface area contributed by atoms with Crippen molar-refractivity contribution in [2.45, 2.75) is 34.1 Å². The SMILES string of the molecule is CCNc1ncc(C)c(-c2cccc(CC(C)C)c2)n1. The highest BCUT2D eigenvalue weighted by Crippen LogP contribution is 2.23. The summed E-state index contributed by atoms with van der Waals surface area (Å²) in [4.78, 5) is 8.93. The molecule has 0 bridgehead atoms. The lowest BCUT2D eigenvalue weighted by Crippen LogP contribution is -2.04. The molecule has 0 atom stereocenters. The van der Waals surface area contributed by atoms with Crippen LogP contribution in [-0.2, 0) is 6.42 Å². The molecule has 0 fully saturated rings. The van der Waals surface area contributed by atoms with E-state index >= 15 is 0 Å². The van der Waals surface area contributed by atoms with Gasteiger partial charge in [0.25, 0.3) is 0 Å². The van der Waals surface area contributed by atoms with Gasteiger partial charge in [0, 0.05) is 18.3 Å². The molecule has 1 heterocycles. The van der Waals surface area contributed by atoms with Gasteiger partial charge in [-0.15, -0.1) is 0 Å². The van der Waals surface area contributed by atoms with E-state index in [9.17, 15) is 0 Å². The zero-order chi connectivity index (χ0) is 14.5. The smallest absolute Gasteiger partial charge is 0.223 e. The van der Waals surface area contributed by atoms with Gasteiger partial charge in [0.2, 0.25) is 5.95 Å². The Kier molecular flexibility index (Phi) is 4.72. The van der Waals surface area contributed by atoms with E-state index in [2.05, 4.69) is 60.3 Å². The minimum atomic E-state index is 0.661. The number of anilines is 1. The summed E-state index contributed by atoms with van der Waals surface area (Å²) in [6, 6.07) is 8.66. The van der Waals surface area contributed by atoms with Crippen molar-refractivity contribution >= 4 is 5.95 Å². The molecule has 0 aliphatic heterocycles. The van der Waals surface area contributed by atoms with Crippen LogP contribution in [0.2, 0.25) is 0 Å². The third-order valence-corrected chi connectivity index (χ3v) is 3.15. The number of hydrogen-bond donors (Lipinski definition) is 1. The van der Waals surface area contributed by atoms with Crippen molar-refractivity contribution < 1.29 is 0 Å². The molecule has 0 amide bonds. The van der Waals surface area contributed by atoms with Crippen LogP contribution in [0.5, 0.6) is 0 Å². The van der Waals surface area contributed by atoms with E-state index in [0.29, 0.717) is 11.9 Å². The van der Waals surface area contributed by atoms with E-state index in [0.717, 1.165) is 24.2 Å². The highest BCUT2D eigenvalue weighted by atomic mass is 15.1.